The first-order valence-corrected chi connectivity index (χ1v) is 10.7. The summed E-state index contributed by atoms with van der Waals surface area (Å²) in [5.74, 6) is 0.888. The Morgan fingerprint density at radius 1 is 1.13 bits per heavy atom. The normalized spacial score (nSPS) is 13.9. The topological polar surface area (TPSA) is 97.1 Å². The highest BCUT2D eigenvalue weighted by molar-refractivity contribution is 6.31. The van der Waals surface area contributed by atoms with E-state index in [0.29, 0.717) is 33.9 Å². The quantitative estimate of drug-likeness (QED) is 0.580. The zero-order chi connectivity index (χ0) is 21.8. The molecule has 1 aromatic heterocycles. The maximum absolute atomic E-state index is 12.4. The fourth-order valence-corrected chi connectivity index (χ4v) is 3.82. The number of nitrogens with one attached hydrogen (secondary N) is 2. The van der Waals surface area contributed by atoms with Crippen LogP contribution in [0.25, 0.3) is 11.4 Å². The van der Waals surface area contributed by atoms with Crippen molar-refractivity contribution in [3.8, 4) is 11.4 Å². The van der Waals surface area contributed by atoms with Gasteiger partial charge in [-0.1, -0.05) is 47.8 Å². The number of halogens is 1. The molecule has 8 heteroatoms. The lowest BCUT2D eigenvalue weighted by Crippen LogP contribution is -2.33. The molecule has 7 nitrogen and oxygen atoms in total. The summed E-state index contributed by atoms with van der Waals surface area (Å²) in [6.07, 6.45) is 4.57. The van der Waals surface area contributed by atoms with E-state index < -0.39 is 0 Å². The molecule has 1 heterocycles. The lowest BCUT2D eigenvalue weighted by atomic mass is 10.1. The van der Waals surface area contributed by atoms with E-state index in [1.165, 1.54) is 12.8 Å². The largest absolute Gasteiger partial charge is 0.343 e. The van der Waals surface area contributed by atoms with Crippen molar-refractivity contribution >= 4 is 29.1 Å². The van der Waals surface area contributed by atoms with Gasteiger partial charge in [0.25, 0.3) is 5.91 Å². The lowest BCUT2D eigenvalue weighted by molar-refractivity contribution is -0.115. The Kier molecular flexibility index (Phi) is 6.32. The van der Waals surface area contributed by atoms with Crippen LogP contribution in [0, 0.1) is 6.92 Å². The van der Waals surface area contributed by atoms with Crippen LogP contribution in [-0.4, -0.2) is 28.5 Å². The van der Waals surface area contributed by atoms with Crippen molar-refractivity contribution in [2.45, 2.75) is 38.5 Å². The standard InChI is InChI=1S/C23H23ClN4O3/c1-14-6-11-18(24)12-19(14)26-20(29)13-25-22(30)16-9-7-15(8-10-16)21-27-23(31-28-21)17-4-2-3-5-17/h6-12,17H,2-5,13H2,1H3,(H,25,30)(H,26,29). The Morgan fingerprint density at radius 2 is 1.87 bits per heavy atom. The van der Waals surface area contributed by atoms with E-state index in [1.54, 1.807) is 36.4 Å². The van der Waals surface area contributed by atoms with E-state index in [0.717, 1.165) is 24.0 Å². The van der Waals surface area contributed by atoms with Gasteiger partial charge in [0.05, 0.1) is 6.54 Å². The van der Waals surface area contributed by atoms with E-state index in [1.807, 2.05) is 13.0 Å². The van der Waals surface area contributed by atoms with Crippen LogP contribution in [0.1, 0.15) is 53.4 Å². The molecule has 0 radical (unpaired) electrons. The minimum absolute atomic E-state index is 0.151. The van der Waals surface area contributed by atoms with E-state index in [2.05, 4.69) is 20.8 Å². The highest BCUT2D eigenvalue weighted by atomic mass is 35.5. The second kappa shape index (κ2) is 9.31. The number of hydrogen-bond donors (Lipinski definition) is 2. The van der Waals surface area contributed by atoms with Crippen LogP contribution in [0.4, 0.5) is 5.69 Å². The third-order valence-electron chi connectivity index (χ3n) is 5.43. The van der Waals surface area contributed by atoms with Gasteiger partial charge in [0.1, 0.15) is 0 Å². The molecule has 0 aliphatic heterocycles. The number of amides is 2. The fraction of sp³-hybridized carbons (Fsp3) is 0.304. The van der Waals surface area contributed by atoms with E-state index >= 15 is 0 Å². The summed E-state index contributed by atoms with van der Waals surface area (Å²) in [4.78, 5) is 29.1. The third kappa shape index (κ3) is 5.11. The molecule has 2 amide bonds. The number of benzene rings is 2. The number of carbonyl (C=O) groups is 2. The molecule has 1 aliphatic rings. The number of aryl methyl sites for hydroxylation is 1. The minimum atomic E-state index is -0.343. The lowest BCUT2D eigenvalue weighted by Gasteiger charge is -2.10. The number of carbonyl (C=O) groups excluding carboxylic acids is 2. The summed E-state index contributed by atoms with van der Waals surface area (Å²) in [5.41, 5.74) is 2.72. The Bertz CT molecular complexity index is 1090. The number of hydrogen-bond acceptors (Lipinski definition) is 5. The molecule has 0 unspecified atom stereocenters. The summed E-state index contributed by atoms with van der Waals surface area (Å²) in [5, 5.41) is 9.97. The molecular weight excluding hydrogens is 416 g/mol. The Hall–Kier alpha value is -3.19. The molecule has 1 fully saturated rings. The van der Waals surface area contributed by atoms with E-state index in [4.69, 9.17) is 16.1 Å². The average molecular weight is 439 g/mol. The monoisotopic (exact) mass is 438 g/mol. The van der Waals surface area contributed by atoms with Gasteiger partial charge in [-0.2, -0.15) is 4.98 Å². The number of aromatic nitrogens is 2. The first kappa shape index (κ1) is 21.1. The predicted molar refractivity (Wildman–Crippen MR) is 118 cm³/mol. The molecule has 1 saturated carbocycles. The average Bonchev–Trinajstić information content (AvgIpc) is 3.47. The van der Waals surface area contributed by atoms with Gasteiger partial charge in [0.15, 0.2) is 0 Å². The SMILES string of the molecule is Cc1ccc(Cl)cc1NC(=O)CNC(=O)c1ccc(-c2noc(C3CCCC3)n2)cc1. The number of nitrogens with zero attached hydrogens (tertiary/aromatic N) is 2. The second-order valence-corrected chi connectivity index (χ2v) is 8.14. The summed E-state index contributed by atoms with van der Waals surface area (Å²) in [7, 11) is 0. The molecule has 3 aromatic rings. The minimum Gasteiger partial charge on any atom is -0.343 e. The molecule has 0 atom stereocenters. The molecule has 0 bridgehead atoms. The van der Waals surface area contributed by atoms with E-state index in [9.17, 15) is 9.59 Å². The Morgan fingerprint density at radius 3 is 2.61 bits per heavy atom. The van der Waals surface area contributed by atoms with Crippen molar-refractivity contribution < 1.29 is 14.1 Å². The number of rotatable bonds is 6. The van der Waals surface area contributed by atoms with Crippen LogP contribution in [0.15, 0.2) is 47.0 Å². The summed E-state index contributed by atoms with van der Waals surface area (Å²) < 4.78 is 5.42. The van der Waals surface area contributed by atoms with Gasteiger partial charge in [0.2, 0.25) is 17.6 Å². The van der Waals surface area contributed by atoms with Crippen molar-refractivity contribution in [3.05, 3.63) is 64.5 Å². The van der Waals surface area contributed by atoms with Gasteiger partial charge < -0.3 is 15.2 Å². The van der Waals surface area contributed by atoms with Crippen LogP contribution in [-0.2, 0) is 4.79 Å². The van der Waals surface area contributed by atoms with Gasteiger partial charge in [-0.25, -0.2) is 0 Å². The highest BCUT2D eigenvalue weighted by Crippen LogP contribution is 2.33. The van der Waals surface area contributed by atoms with Crippen molar-refractivity contribution in [1.29, 1.82) is 0 Å². The molecular formula is C23H23ClN4O3. The summed E-state index contributed by atoms with van der Waals surface area (Å²) >= 11 is 5.96. The molecule has 0 spiro atoms. The van der Waals surface area contributed by atoms with Crippen molar-refractivity contribution in [3.63, 3.8) is 0 Å². The summed E-state index contributed by atoms with van der Waals surface area (Å²) in [6.45, 7) is 1.72. The van der Waals surface area contributed by atoms with Gasteiger partial charge in [-0.3, -0.25) is 9.59 Å². The van der Waals surface area contributed by atoms with Gasteiger partial charge in [0, 0.05) is 27.8 Å². The summed E-state index contributed by atoms with van der Waals surface area (Å²) in [6, 6.07) is 12.1. The Balaban J connectivity index is 1.33. The van der Waals surface area contributed by atoms with Gasteiger partial charge >= 0.3 is 0 Å². The molecule has 4 rings (SSSR count). The smallest absolute Gasteiger partial charge is 0.251 e. The van der Waals surface area contributed by atoms with Gasteiger partial charge in [-0.05, 0) is 49.6 Å². The molecule has 0 saturated heterocycles. The maximum atomic E-state index is 12.4. The molecule has 2 aromatic carbocycles. The first-order chi connectivity index (χ1) is 15.0. The van der Waals surface area contributed by atoms with Crippen LogP contribution in [0.3, 0.4) is 0 Å². The van der Waals surface area contributed by atoms with Crippen molar-refractivity contribution in [2.75, 3.05) is 11.9 Å². The molecule has 1 aliphatic carbocycles. The van der Waals surface area contributed by atoms with E-state index in [-0.39, 0.29) is 18.4 Å². The van der Waals surface area contributed by atoms with Gasteiger partial charge in [-0.15, -0.1) is 0 Å². The zero-order valence-corrected chi connectivity index (χ0v) is 17.9. The zero-order valence-electron chi connectivity index (χ0n) is 17.2. The van der Waals surface area contributed by atoms with Crippen molar-refractivity contribution in [1.82, 2.24) is 15.5 Å². The number of anilines is 1. The van der Waals surface area contributed by atoms with Crippen LogP contribution in [0.5, 0.6) is 0 Å². The van der Waals surface area contributed by atoms with Crippen molar-refractivity contribution in [2.24, 2.45) is 0 Å². The predicted octanol–water partition coefficient (Wildman–Crippen LogP) is 4.72. The van der Waals surface area contributed by atoms with Crippen LogP contribution < -0.4 is 10.6 Å². The first-order valence-electron chi connectivity index (χ1n) is 10.3. The molecule has 160 valence electrons. The Labute approximate surface area is 185 Å². The maximum Gasteiger partial charge on any atom is 0.251 e. The fourth-order valence-electron chi connectivity index (χ4n) is 3.65. The highest BCUT2D eigenvalue weighted by Gasteiger charge is 2.23. The second-order valence-electron chi connectivity index (χ2n) is 7.71. The van der Waals surface area contributed by atoms with Crippen LogP contribution in [0.2, 0.25) is 5.02 Å². The molecule has 31 heavy (non-hydrogen) atoms. The molecule has 2 N–H and O–H groups in total. The third-order valence-corrected chi connectivity index (χ3v) is 5.67. The van der Waals surface area contributed by atoms with Crippen LogP contribution >= 0.6 is 11.6 Å².